The van der Waals surface area contributed by atoms with E-state index < -0.39 is 17.5 Å². The average molecular weight is 511 g/mol. The van der Waals surface area contributed by atoms with Gasteiger partial charge in [-0.1, -0.05) is 68.8 Å². The van der Waals surface area contributed by atoms with Crippen LogP contribution in [0, 0.1) is 0 Å². The standard InChI is InChI=1S/C27H36N2O2.C2H2O4/c1-3-5-16-25(30)27(29(26(31)4-2)24-14-10-7-11-15-24)18-21-28(22-19-27)20-17-23-12-8-6-9-13-23;3-1(4)2(5)6/h6-15H,3-5,16-22H2,1-2H3;(H,3,4)(H,5,6). The van der Waals surface area contributed by atoms with E-state index in [0.29, 0.717) is 25.7 Å². The highest BCUT2D eigenvalue weighted by Crippen LogP contribution is 2.36. The molecular formula is C29H38N2O6. The van der Waals surface area contributed by atoms with Crippen molar-refractivity contribution in [3.63, 3.8) is 0 Å². The molecule has 1 heterocycles. The molecule has 1 aliphatic heterocycles. The summed E-state index contributed by atoms with van der Waals surface area (Å²) in [5.41, 5.74) is 1.45. The summed E-state index contributed by atoms with van der Waals surface area (Å²) in [6.07, 6.45) is 5.21. The second kappa shape index (κ2) is 14.9. The van der Waals surface area contributed by atoms with Crippen molar-refractivity contribution in [1.82, 2.24) is 4.90 Å². The van der Waals surface area contributed by atoms with E-state index in [1.807, 2.05) is 48.2 Å². The summed E-state index contributed by atoms with van der Waals surface area (Å²) < 4.78 is 0. The fourth-order valence-electron chi connectivity index (χ4n) is 4.64. The average Bonchev–Trinajstić information content (AvgIpc) is 2.92. The monoisotopic (exact) mass is 510 g/mol. The number of hydrogen-bond donors (Lipinski definition) is 2. The number of aliphatic carboxylic acids is 2. The van der Waals surface area contributed by atoms with E-state index >= 15 is 0 Å². The number of carbonyl (C=O) groups excluding carboxylic acids is 2. The fourth-order valence-corrected chi connectivity index (χ4v) is 4.64. The Morgan fingerprint density at radius 3 is 1.89 bits per heavy atom. The minimum Gasteiger partial charge on any atom is -0.473 e. The first-order valence-corrected chi connectivity index (χ1v) is 12.9. The van der Waals surface area contributed by atoms with Crippen molar-refractivity contribution < 1.29 is 29.4 Å². The first-order chi connectivity index (χ1) is 17.7. The van der Waals surface area contributed by atoms with Crippen molar-refractivity contribution in [1.29, 1.82) is 0 Å². The molecule has 0 spiro atoms. The van der Waals surface area contributed by atoms with Crippen molar-refractivity contribution in [3.05, 3.63) is 66.2 Å². The highest BCUT2D eigenvalue weighted by molar-refractivity contribution is 6.27. The molecule has 0 unspecified atom stereocenters. The third kappa shape index (κ3) is 8.53. The smallest absolute Gasteiger partial charge is 0.414 e. The summed E-state index contributed by atoms with van der Waals surface area (Å²) in [7, 11) is 0. The van der Waals surface area contributed by atoms with Crippen LogP contribution in [0.5, 0.6) is 0 Å². The van der Waals surface area contributed by atoms with Crippen molar-refractivity contribution >= 4 is 29.3 Å². The molecule has 1 saturated heterocycles. The summed E-state index contributed by atoms with van der Waals surface area (Å²) in [5, 5.41) is 14.8. The van der Waals surface area contributed by atoms with Gasteiger partial charge in [0.2, 0.25) is 5.91 Å². The van der Waals surface area contributed by atoms with Crippen LogP contribution in [-0.2, 0) is 25.6 Å². The topological polar surface area (TPSA) is 115 Å². The van der Waals surface area contributed by atoms with E-state index in [-0.39, 0.29) is 11.7 Å². The highest BCUT2D eigenvalue weighted by atomic mass is 16.4. The lowest BCUT2D eigenvalue weighted by Crippen LogP contribution is -2.62. The lowest BCUT2D eigenvalue weighted by molar-refractivity contribution is -0.159. The summed E-state index contributed by atoms with van der Waals surface area (Å²) in [5.74, 6) is -3.39. The number of piperidine rings is 1. The molecule has 0 saturated carbocycles. The van der Waals surface area contributed by atoms with Gasteiger partial charge >= 0.3 is 11.9 Å². The van der Waals surface area contributed by atoms with Crippen LogP contribution in [0.3, 0.4) is 0 Å². The SMILES string of the molecule is CCCCC(=O)C1(N(C(=O)CC)c2ccccc2)CCN(CCc2ccccc2)CC1.O=C(O)C(=O)O. The Bertz CT molecular complexity index is 1010. The Kier molecular flexibility index (Phi) is 12.0. The molecule has 8 heteroatoms. The van der Waals surface area contributed by atoms with Crippen LogP contribution in [0.1, 0.15) is 57.9 Å². The predicted octanol–water partition coefficient (Wildman–Crippen LogP) is 4.42. The molecular weight excluding hydrogens is 472 g/mol. The van der Waals surface area contributed by atoms with Crippen molar-refractivity contribution in [2.24, 2.45) is 0 Å². The quantitative estimate of drug-likeness (QED) is 0.455. The van der Waals surface area contributed by atoms with Crippen LogP contribution in [0.4, 0.5) is 5.69 Å². The maximum Gasteiger partial charge on any atom is 0.414 e. The maximum absolute atomic E-state index is 13.6. The van der Waals surface area contributed by atoms with Crippen LogP contribution in [0.2, 0.25) is 0 Å². The van der Waals surface area contributed by atoms with Crippen LogP contribution < -0.4 is 4.90 Å². The minimum atomic E-state index is -1.82. The Morgan fingerprint density at radius 1 is 0.865 bits per heavy atom. The molecule has 2 aromatic carbocycles. The van der Waals surface area contributed by atoms with Gasteiger partial charge in [-0.2, -0.15) is 0 Å². The Labute approximate surface area is 218 Å². The van der Waals surface area contributed by atoms with Gasteiger partial charge in [-0.25, -0.2) is 9.59 Å². The number of carboxylic acids is 2. The predicted molar refractivity (Wildman–Crippen MR) is 143 cm³/mol. The van der Waals surface area contributed by atoms with Crippen LogP contribution in [0.15, 0.2) is 60.7 Å². The molecule has 0 radical (unpaired) electrons. The lowest BCUT2D eigenvalue weighted by Gasteiger charge is -2.48. The lowest BCUT2D eigenvalue weighted by atomic mass is 9.79. The zero-order valence-corrected chi connectivity index (χ0v) is 21.8. The van der Waals surface area contributed by atoms with E-state index in [0.717, 1.165) is 44.6 Å². The number of hydrogen-bond acceptors (Lipinski definition) is 5. The second-order valence-corrected chi connectivity index (χ2v) is 9.16. The summed E-state index contributed by atoms with van der Waals surface area (Å²) in [6, 6.07) is 20.3. The van der Waals surface area contributed by atoms with Gasteiger partial charge in [0.15, 0.2) is 5.78 Å². The number of rotatable bonds is 10. The van der Waals surface area contributed by atoms with Crippen molar-refractivity contribution in [2.75, 3.05) is 24.5 Å². The van der Waals surface area contributed by atoms with Gasteiger partial charge in [0.25, 0.3) is 0 Å². The maximum atomic E-state index is 13.6. The van der Waals surface area contributed by atoms with Gasteiger partial charge in [-0.15, -0.1) is 0 Å². The molecule has 0 aromatic heterocycles. The molecule has 0 atom stereocenters. The third-order valence-electron chi connectivity index (χ3n) is 6.70. The number of benzene rings is 2. The number of para-hydroxylation sites is 1. The minimum absolute atomic E-state index is 0.0359. The number of Topliss-reactive ketones (excluding diaryl/α,β-unsaturated/α-hetero) is 1. The zero-order valence-electron chi connectivity index (χ0n) is 21.8. The molecule has 3 rings (SSSR count). The molecule has 1 amide bonds. The van der Waals surface area contributed by atoms with E-state index in [9.17, 15) is 9.59 Å². The van der Waals surface area contributed by atoms with Gasteiger partial charge in [0, 0.05) is 38.2 Å². The zero-order chi connectivity index (χ0) is 27.3. The summed E-state index contributed by atoms with van der Waals surface area (Å²) in [6.45, 7) is 6.65. The van der Waals surface area contributed by atoms with Crippen molar-refractivity contribution in [2.45, 2.75) is 64.3 Å². The number of carboxylic acid groups (broad SMARTS) is 2. The Hall–Kier alpha value is -3.52. The van der Waals surface area contributed by atoms with E-state index in [2.05, 4.69) is 36.1 Å². The van der Waals surface area contributed by atoms with Crippen LogP contribution in [-0.4, -0.2) is 63.9 Å². The van der Waals surface area contributed by atoms with E-state index in [1.165, 1.54) is 5.56 Å². The summed E-state index contributed by atoms with van der Waals surface area (Å²) >= 11 is 0. The molecule has 37 heavy (non-hydrogen) atoms. The number of unbranched alkanes of at least 4 members (excludes halogenated alkanes) is 1. The molecule has 2 aromatic rings. The number of likely N-dealkylation sites (tertiary alicyclic amines) is 1. The van der Waals surface area contributed by atoms with E-state index in [4.69, 9.17) is 19.8 Å². The van der Waals surface area contributed by atoms with Gasteiger partial charge in [0.05, 0.1) is 0 Å². The van der Waals surface area contributed by atoms with Crippen molar-refractivity contribution in [3.8, 4) is 0 Å². The first-order valence-electron chi connectivity index (χ1n) is 12.9. The molecule has 2 N–H and O–H groups in total. The fraction of sp³-hybridized carbons (Fsp3) is 0.448. The Balaban J connectivity index is 0.000000717. The number of amides is 1. The molecule has 200 valence electrons. The molecule has 1 fully saturated rings. The molecule has 1 aliphatic rings. The first kappa shape index (κ1) is 29.7. The van der Waals surface area contributed by atoms with Gasteiger partial charge in [0.1, 0.15) is 5.54 Å². The number of ketones is 1. The normalized spacial score (nSPS) is 14.6. The van der Waals surface area contributed by atoms with Gasteiger partial charge in [-0.05, 0) is 43.4 Å². The van der Waals surface area contributed by atoms with Crippen LogP contribution >= 0.6 is 0 Å². The summed E-state index contributed by atoms with van der Waals surface area (Å²) in [4.78, 5) is 49.2. The van der Waals surface area contributed by atoms with Gasteiger partial charge < -0.3 is 15.1 Å². The van der Waals surface area contributed by atoms with Gasteiger partial charge in [-0.3, -0.25) is 14.5 Å². The highest BCUT2D eigenvalue weighted by Gasteiger charge is 2.47. The van der Waals surface area contributed by atoms with E-state index in [1.54, 1.807) is 0 Å². The molecule has 0 aliphatic carbocycles. The number of nitrogens with zero attached hydrogens (tertiary/aromatic N) is 2. The Morgan fingerprint density at radius 2 is 1.41 bits per heavy atom. The molecule has 0 bridgehead atoms. The second-order valence-electron chi connectivity index (χ2n) is 9.16. The third-order valence-corrected chi connectivity index (χ3v) is 6.70. The molecule has 8 nitrogen and oxygen atoms in total. The number of anilines is 1. The van der Waals surface area contributed by atoms with Crippen LogP contribution in [0.25, 0.3) is 0 Å². The number of carbonyl (C=O) groups is 4. The largest absolute Gasteiger partial charge is 0.473 e.